The first-order valence-corrected chi connectivity index (χ1v) is 11.7. The summed E-state index contributed by atoms with van der Waals surface area (Å²) < 4.78 is 11.3. The molecule has 1 aliphatic carbocycles. The highest BCUT2D eigenvalue weighted by Crippen LogP contribution is 2.39. The lowest BCUT2D eigenvalue weighted by Crippen LogP contribution is -2.32. The predicted octanol–water partition coefficient (Wildman–Crippen LogP) is 3.81. The molecule has 2 amide bonds. The second-order valence-corrected chi connectivity index (χ2v) is 9.44. The molecule has 0 bridgehead atoms. The van der Waals surface area contributed by atoms with Crippen LogP contribution in [-0.2, 0) is 17.6 Å². The van der Waals surface area contributed by atoms with Crippen LogP contribution in [0.4, 0.5) is 5.00 Å². The van der Waals surface area contributed by atoms with E-state index in [4.69, 9.17) is 9.15 Å². The molecule has 2 N–H and O–H groups in total. The van der Waals surface area contributed by atoms with Crippen molar-refractivity contribution in [1.82, 2.24) is 5.32 Å². The molecule has 0 saturated carbocycles. The second-order valence-electron chi connectivity index (χ2n) is 8.34. The Labute approximate surface area is 188 Å². The van der Waals surface area contributed by atoms with Gasteiger partial charge in [-0.3, -0.25) is 14.4 Å². The highest BCUT2D eigenvalue weighted by Gasteiger charge is 2.29. The molecule has 8 heteroatoms. The maximum Gasteiger partial charge on any atom is 0.292 e. The van der Waals surface area contributed by atoms with E-state index in [1.165, 1.54) is 17.4 Å². The van der Waals surface area contributed by atoms with Gasteiger partial charge >= 0.3 is 0 Å². The zero-order chi connectivity index (χ0) is 22.2. The van der Waals surface area contributed by atoms with Crippen LogP contribution in [0.5, 0.6) is 0 Å². The zero-order valence-electron chi connectivity index (χ0n) is 17.8. The number of benzene rings is 1. The monoisotopic (exact) mass is 452 g/mol. The molecular weight excluding hydrogens is 428 g/mol. The first-order chi connectivity index (χ1) is 15.5. The SMILES string of the molecule is Cc1ccc2c(=O)cc(C(=O)Nc3sc4c(c3C(=O)NC[C@H]3CCCO3)CCC4)oc2c1. The van der Waals surface area contributed by atoms with E-state index in [1.54, 1.807) is 12.1 Å². The third-order valence-corrected chi connectivity index (χ3v) is 7.21. The van der Waals surface area contributed by atoms with Gasteiger partial charge in [0.15, 0.2) is 11.2 Å². The molecular formula is C24H24N2O5S. The van der Waals surface area contributed by atoms with Crippen LogP contribution in [-0.4, -0.2) is 31.1 Å². The molecule has 1 aliphatic heterocycles. The molecule has 0 radical (unpaired) electrons. The van der Waals surface area contributed by atoms with Crippen molar-refractivity contribution in [3.63, 3.8) is 0 Å². The number of hydrogen-bond donors (Lipinski definition) is 2. The highest BCUT2D eigenvalue weighted by molar-refractivity contribution is 7.17. The van der Waals surface area contributed by atoms with Gasteiger partial charge in [0.2, 0.25) is 0 Å². The third-order valence-electron chi connectivity index (χ3n) is 6.00. The van der Waals surface area contributed by atoms with Crippen LogP contribution in [0.2, 0.25) is 0 Å². The lowest BCUT2D eigenvalue weighted by atomic mass is 10.1. The van der Waals surface area contributed by atoms with Crippen molar-refractivity contribution in [1.29, 1.82) is 0 Å². The Morgan fingerprint density at radius 2 is 2.03 bits per heavy atom. The number of hydrogen-bond acceptors (Lipinski definition) is 6. The molecule has 1 aromatic carbocycles. The zero-order valence-corrected chi connectivity index (χ0v) is 18.6. The molecule has 0 unspecified atom stereocenters. The summed E-state index contributed by atoms with van der Waals surface area (Å²) >= 11 is 1.42. The molecule has 3 heterocycles. The standard InChI is InChI=1S/C24H24N2O5S/c1-13-7-8-15-17(27)11-19(31-18(15)10-13)22(28)26-24-21(16-5-2-6-20(16)32-24)23(29)25-12-14-4-3-9-30-14/h7-8,10-11,14H,2-6,9,12H2,1H3,(H,25,29)(H,26,28)/t14-/m1/s1. The largest absolute Gasteiger partial charge is 0.451 e. The van der Waals surface area contributed by atoms with Crippen LogP contribution in [0.15, 0.2) is 33.5 Å². The van der Waals surface area contributed by atoms with Gasteiger partial charge < -0.3 is 19.8 Å². The van der Waals surface area contributed by atoms with Gasteiger partial charge in [-0.2, -0.15) is 0 Å². The van der Waals surface area contributed by atoms with Crippen LogP contribution in [0.3, 0.4) is 0 Å². The van der Waals surface area contributed by atoms with Gasteiger partial charge in [0.05, 0.1) is 17.1 Å². The summed E-state index contributed by atoms with van der Waals surface area (Å²) in [5, 5.41) is 6.72. The molecule has 1 fully saturated rings. The van der Waals surface area contributed by atoms with Crippen molar-refractivity contribution in [3.8, 4) is 0 Å². The predicted molar refractivity (Wildman–Crippen MR) is 123 cm³/mol. The summed E-state index contributed by atoms with van der Waals surface area (Å²) in [6.45, 7) is 3.07. The van der Waals surface area contributed by atoms with E-state index >= 15 is 0 Å². The van der Waals surface area contributed by atoms with Crippen molar-refractivity contribution in [2.45, 2.75) is 45.1 Å². The van der Waals surface area contributed by atoms with Crippen molar-refractivity contribution < 1.29 is 18.7 Å². The van der Waals surface area contributed by atoms with Crippen LogP contribution >= 0.6 is 11.3 Å². The van der Waals surface area contributed by atoms with Crippen LogP contribution in [0.25, 0.3) is 11.0 Å². The Hall–Kier alpha value is -2.97. The smallest absolute Gasteiger partial charge is 0.292 e. The number of fused-ring (bicyclic) bond motifs is 2. The first-order valence-electron chi connectivity index (χ1n) is 10.9. The number of aryl methyl sites for hydroxylation is 2. The lowest BCUT2D eigenvalue weighted by Gasteiger charge is -2.12. The Morgan fingerprint density at radius 1 is 1.16 bits per heavy atom. The molecule has 2 aromatic heterocycles. The van der Waals surface area contributed by atoms with Gasteiger partial charge in [-0.15, -0.1) is 11.3 Å². The quantitative estimate of drug-likeness (QED) is 0.614. The van der Waals surface area contributed by atoms with E-state index in [-0.39, 0.29) is 23.2 Å². The van der Waals surface area contributed by atoms with E-state index in [0.29, 0.717) is 28.1 Å². The molecule has 0 spiro atoms. The number of rotatable bonds is 5. The number of ether oxygens (including phenoxy) is 1. The summed E-state index contributed by atoms with van der Waals surface area (Å²) in [6.07, 6.45) is 4.69. The van der Waals surface area contributed by atoms with Crippen molar-refractivity contribution >= 4 is 39.1 Å². The Kier molecular flexibility index (Phi) is 5.57. The first kappa shape index (κ1) is 20.9. The van der Waals surface area contributed by atoms with Gasteiger partial charge in [0, 0.05) is 24.1 Å². The molecule has 2 aliphatic rings. The number of nitrogens with one attached hydrogen (secondary N) is 2. The van der Waals surface area contributed by atoms with Gasteiger partial charge in [-0.1, -0.05) is 6.07 Å². The van der Waals surface area contributed by atoms with Crippen molar-refractivity contribution in [2.24, 2.45) is 0 Å². The number of thiophene rings is 1. The number of anilines is 1. The van der Waals surface area contributed by atoms with Crippen molar-refractivity contribution in [3.05, 3.63) is 61.8 Å². The summed E-state index contributed by atoms with van der Waals surface area (Å²) in [6, 6.07) is 6.45. The normalized spacial score (nSPS) is 17.5. The summed E-state index contributed by atoms with van der Waals surface area (Å²) in [7, 11) is 0. The Bertz CT molecular complexity index is 1270. The average molecular weight is 453 g/mol. The molecule has 3 aromatic rings. The number of carbonyl (C=O) groups excluding carboxylic acids is 2. The highest BCUT2D eigenvalue weighted by atomic mass is 32.1. The minimum atomic E-state index is -0.543. The van der Waals surface area contributed by atoms with E-state index in [9.17, 15) is 14.4 Å². The fourth-order valence-corrected chi connectivity index (χ4v) is 5.65. The third kappa shape index (κ3) is 3.96. The van der Waals surface area contributed by atoms with Gasteiger partial charge in [-0.25, -0.2) is 0 Å². The average Bonchev–Trinajstić information content (AvgIpc) is 3.49. The minimum Gasteiger partial charge on any atom is -0.451 e. The Morgan fingerprint density at radius 3 is 2.84 bits per heavy atom. The number of amides is 2. The maximum absolute atomic E-state index is 13.0. The van der Waals surface area contributed by atoms with E-state index in [2.05, 4.69) is 10.6 Å². The van der Waals surface area contributed by atoms with Crippen LogP contribution in [0, 0.1) is 6.92 Å². The summed E-state index contributed by atoms with van der Waals surface area (Å²) in [5.74, 6) is -0.822. The van der Waals surface area contributed by atoms with E-state index in [1.807, 2.05) is 13.0 Å². The topological polar surface area (TPSA) is 97.6 Å². The lowest BCUT2D eigenvalue weighted by molar-refractivity contribution is 0.0858. The molecule has 32 heavy (non-hydrogen) atoms. The minimum absolute atomic E-state index is 0.0407. The van der Waals surface area contributed by atoms with Crippen LogP contribution in [0.1, 0.15) is 56.2 Å². The van der Waals surface area contributed by atoms with Crippen LogP contribution < -0.4 is 16.1 Å². The van der Waals surface area contributed by atoms with Gasteiger partial charge in [-0.05, 0) is 62.3 Å². The van der Waals surface area contributed by atoms with E-state index in [0.717, 1.165) is 54.7 Å². The molecule has 166 valence electrons. The second kappa shape index (κ2) is 8.52. The van der Waals surface area contributed by atoms with Gasteiger partial charge in [0.1, 0.15) is 10.6 Å². The van der Waals surface area contributed by atoms with Gasteiger partial charge in [0.25, 0.3) is 11.8 Å². The maximum atomic E-state index is 13.0. The van der Waals surface area contributed by atoms with Crippen molar-refractivity contribution in [2.75, 3.05) is 18.5 Å². The fraction of sp³-hybridized carbons (Fsp3) is 0.375. The molecule has 5 rings (SSSR count). The fourth-order valence-electron chi connectivity index (χ4n) is 4.37. The molecule has 1 atom stereocenters. The molecule has 1 saturated heterocycles. The number of carbonyl (C=O) groups is 2. The summed E-state index contributed by atoms with van der Waals surface area (Å²) in [4.78, 5) is 39.6. The molecule has 7 nitrogen and oxygen atoms in total. The van der Waals surface area contributed by atoms with E-state index < -0.39 is 5.91 Å². The summed E-state index contributed by atoms with van der Waals surface area (Å²) in [5.41, 5.74) is 2.54. The Balaban J connectivity index is 1.41.